The quantitative estimate of drug-likeness (QED) is 0.500. The number of unbranched alkanes of at least 4 members (excludes halogenated alkanes) is 1. The first kappa shape index (κ1) is 20.6. The average Bonchev–Trinajstić information content (AvgIpc) is 3.17. The molecule has 0 spiro atoms. The van der Waals surface area contributed by atoms with Gasteiger partial charge in [0.15, 0.2) is 6.17 Å². The number of carbonyl (C=O) groups excluding carboxylic acids is 3. The number of nitrogens with one attached hydrogen (secondary N) is 1. The lowest BCUT2D eigenvalue weighted by Crippen LogP contribution is -2.53. The first-order valence-corrected chi connectivity index (χ1v) is 9.26. The molecule has 2 rings (SSSR count). The normalized spacial score (nSPS) is 22.8. The number of ether oxygens (including phenoxy) is 1. The number of likely N-dealkylation sites (tertiary alicyclic amines) is 1. The molecule has 148 valence electrons. The predicted octanol–water partition coefficient (Wildman–Crippen LogP) is 0.486. The van der Waals surface area contributed by atoms with E-state index in [1.807, 2.05) is 6.92 Å². The van der Waals surface area contributed by atoms with Crippen LogP contribution in [0.2, 0.25) is 0 Å². The summed E-state index contributed by atoms with van der Waals surface area (Å²) in [6.07, 6.45) is 0.568. The molecule has 0 bridgehead atoms. The number of halogens is 1. The molecule has 3 amide bonds. The summed E-state index contributed by atoms with van der Waals surface area (Å²) < 4.78 is 19.7. The van der Waals surface area contributed by atoms with Crippen molar-refractivity contribution in [2.75, 3.05) is 32.8 Å². The van der Waals surface area contributed by atoms with Gasteiger partial charge in [0, 0.05) is 19.6 Å². The van der Waals surface area contributed by atoms with Crippen molar-refractivity contribution in [2.24, 2.45) is 5.92 Å². The molecule has 0 aromatic heterocycles. The van der Waals surface area contributed by atoms with Crippen LogP contribution in [-0.4, -0.2) is 77.8 Å². The SMILES string of the molecule is CCCC[C@@H](C(=O)N1CCCC1C(=O)N1CCOCC1)[C@@H](F)C(=O)NO. The van der Waals surface area contributed by atoms with Crippen molar-refractivity contribution < 1.29 is 28.7 Å². The van der Waals surface area contributed by atoms with E-state index < -0.39 is 29.9 Å². The van der Waals surface area contributed by atoms with Gasteiger partial charge in [0.05, 0.1) is 19.1 Å². The number of carbonyl (C=O) groups is 3. The van der Waals surface area contributed by atoms with E-state index in [1.165, 1.54) is 10.4 Å². The molecule has 2 aliphatic rings. The van der Waals surface area contributed by atoms with Gasteiger partial charge >= 0.3 is 0 Å². The second-order valence-corrected chi connectivity index (χ2v) is 6.75. The highest BCUT2D eigenvalue weighted by molar-refractivity contribution is 5.92. The van der Waals surface area contributed by atoms with Gasteiger partial charge in [-0.25, -0.2) is 9.87 Å². The van der Waals surface area contributed by atoms with Crippen molar-refractivity contribution in [3.05, 3.63) is 0 Å². The smallest absolute Gasteiger partial charge is 0.278 e. The standard InChI is InChI=1S/C17H28FN3O5/c1-2-3-5-12(14(18)15(22)19-25)16(23)21-7-4-6-13(21)17(24)20-8-10-26-11-9-20/h12-14,25H,2-11H2,1H3,(H,19,22)/t12-,13?,14-/m1/s1. The van der Waals surface area contributed by atoms with Gasteiger partial charge < -0.3 is 14.5 Å². The minimum absolute atomic E-state index is 0.143. The second kappa shape index (κ2) is 9.82. The van der Waals surface area contributed by atoms with Gasteiger partial charge in [0.1, 0.15) is 6.04 Å². The fourth-order valence-electron chi connectivity index (χ4n) is 3.56. The first-order valence-electron chi connectivity index (χ1n) is 9.26. The Bertz CT molecular complexity index is 513. The Balaban J connectivity index is 2.11. The van der Waals surface area contributed by atoms with E-state index in [4.69, 9.17) is 9.94 Å². The summed E-state index contributed by atoms with van der Waals surface area (Å²) in [5.74, 6) is -3.09. The summed E-state index contributed by atoms with van der Waals surface area (Å²) in [6, 6.07) is -0.617. The van der Waals surface area contributed by atoms with E-state index in [0.717, 1.165) is 6.42 Å². The molecule has 2 heterocycles. The average molecular weight is 373 g/mol. The van der Waals surface area contributed by atoms with Crippen LogP contribution in [0, 0.1) is 5.92 Å². The highest BCUT2D eigenvalue weighted by atomic mass is 19.1. The number of hydroxylamine groups is 1. The number of hydrogen-bond donors (Lipinski definition) is 2. The number of amides is 3. The van der Waals surface area contributed by atoms with Crippen LogP contribution in [0.15, 0.2) is 0 Å². The number of morpholine rings is 1. The lowest BCUT2D eigenvalue weighted by Gasteiger charge is -2.34. The van der Waals surface area contributed by atoms with Crippen LogP contribution in [0.25, 0.3) is 0 Å². The van der Waals surface area contributed by atoms with Crippen molar-refractivity contribution in [2.45, 2.75) is 51.2 Å². The molecule has 0 aromatic carbocycles. The number of nitrogens with zero attached hydrogens (tertiary/aromatic N) is 2. The number of rotatable bonds is 7. The molecule has 2 fully saturated rings. The number of hydrogen-bond acceptors (Lipinski definition) is 5. The third-order valence-corrected chi connectivity index (χ3v) is 5.04. The molecule has 2 saturated heterocycles. The Kier molecular flexibility index (Phi) is 7.77. The maximum atomic E-state index is 14.4. The zero-order valence-corrected chi connectivity index (χ0v) is 15.2. The Morgan fingerprint density at radius 3 is 2.58 bits per heavy atom. The molecular formula is C17H28FN3O5. The highest BCUT2D eigenvalue weighted by Gasteiger charge is 2.42. The Hall–Kier alpha value is -1.74. The fraction of sp³-hybridized carbons (Fsp3) is 0.824. The van der Waals surface area contributed by atoms with E-state index in [0.29, 0.717) is 52.1 Å². The van der Waals surface area contributed by atoms with Crippen molar-refractivity contribution in [3.8, 4) is 0 Å². The van der Waals surface area contributed by atoms with Crippen LogP contribution in [0.1, 0.15) is 39.0 Å². The van der Waals surface area contributed by atoms with Crippen LogP contribution < -0.4 is 5.48 Å². The monoisotopic (exact) mass is 373 g/mol. The molecule has 1 unspecified atom stereocenters. The topological polar surface area (TPSA) is 99.2 Å². The summed E-state index contributed by atoms with van der Waals surface area (Å²) >= 11 is 0. The van der Waals surface area contributed by atoms with Crippen molar-refractivity contribution in [1.29, 1.82) is 0 Å². The van der Waals surface area contributed by atoms with Crippen LogP contribution in [0.3, 0.4) is 0 Å². The largest absolute Gasteiger partial charge is 0.378 e. The Morgan fingerprint density at radius 1 is 1.27 bits per heavy atom. The van der Waals surface area contributed by atoms with Crippen LogP contribution in [0.5, 0.6) is 0 Å². The summed E-state index contributed by atoms with van der Waals surface area (Å²) in [7, 11) is 0. The second-order valence-electron chi connectivity index (χ2n) is 6.75. The van der Waals surface area contributed by atoms with Gasteiger partial charge in [-0.2, -0.15) is 0 Å². The van der Waals surface area contributed by atoms with Gasteiger partial charge in [0.25, 0.3) is 5.91 Å². The minimum atomic E-state index is -2.14. The van der Waals surface area contributed by atoms with Gasteiger partial charge in [-0.3, -0.25) is 19.6 Å². The van der Waals surface area contributed by atoms with Crippen LogP contribution >= 0.6 is 0 Å². The van der Waals surface area contributed by atoms with Gasteiger partial charge in [-0.1, -0.05) is 19.8 Å². The van der Waals surface area contributed by atoms with Crippen LogP contribution in [-0.2, 0) is 19.1 Å². The van der Waals surface area contributed by atoms with E-state index in [2.05, 4.69) is 0 Å². The van der Waals surface area contributed by atoms with E-state index in [-0.39, 0.29) is 12.3 Å². The summed E-state index contributed by atoms with van der Waals surface area (Å²) in [5.41, 5.74) is 1.28. The summed E-state index contributed by atoms with van der Waals surface area (Å²) in [6.45, 7) is 4.17. The van der Waals surface area contributed by atoms with Crippen molar-refractivity contribution in [3.63, 3.8) is 0 Å². The molecule has 3 atom stereocenters. The van der Waals surface area contributed by atoms with E-state index >= 15 is 0 Å². The van der Waals surface area contributed by atoms with Crippen molar-refractivity contribution >= 4 is 17.7 Å². The minimum Gasteiger partial charge on any atom is -0.378 e. The molecule has 0 saturated carbocycles. The third-order valence-electron chi connectivity index (χ3n) is 5.04. The van der Waals surface area contributed by atoms with Crippen LogP contribution in [0.4, 0.5) is 4.39 Å². The summed E-state index contributed by atoms with van der Waals surface area (Å²) in [5, 5.41) is 8.70. The fourth-order valence-corrected chi connectivity index (χ4v) is 3.56. The van der Waals surface area contributed by atoms with E-state index in [1.54, 1.807) is 4.90 Å². The highest BCUT2D eigenvalue weighted by Crippen LogP contribution is 2.26. The molecule has 2 N–H and O–H groups in total. The van der Waals surface area contributed by atoms with Gasteiger partial charge in [-0.15, -0.1) is 0 Å². The molecule has 26 heavy (non-hydrogen) atoms. The molecule has 8 nitrogen and oxygen atoms in total. The summed E-state index contributed by atoms with van der Waals surface area (Å²) in [4.78, 5) is 40.3. The molecule has 0 aliphatic carbocycles. The van der Waals surface area contributed by atoms with Crippen molar-refractivity contribution in [1.82, 2.24) is 15.3 Å². The van der Waals surface area contributed by atoms with Gasteiger partial charge in [-0.05, 0) is 19.3 Å². The maximum Gasteiger partial charge on any atom is 0.278 e. The third kappa shape index (κ3) is 4.70. The molecule has 0 aromatic rings. The number of alkyl halides is 1. The van der Waals surface area contributed by atoms with Gasteiger partial charge in [0.2, 0.25) is 11.8 Å². The molecule has 9 heteroatoms. The molecule has 0 radical (unpaired) electrons. The lowest BCUT2D eigenvalue weighted by molar-refractivity contribution is -0.152. The predicted molar refractivity (Wildman–Crippen MR) is 90.0 cm³/mol. The zero-order valence-electron chi connectivity index (χ0n) is 15.2. The Labute approximate surface area is 152 Å². The molecular weight excluding hydrogens is 345 g/mol. The maximum absolute atomic E-state index is 14.4. The lowest BCUT2D eigenvalue weighted by atomic mass is 9.94. The Morgan fingerprint density at radius 2 is 1.96 bits per heavy atom. The zero-order chi connectivity index (χ0) is 19.1. The van der Waals surface area contributed by atoms with E-state index in [9.17, 15) is 18.8 Å². The first-order chi connectivity index (χ1) is 12.5. The molecule has 2 aliphatic heterocycles.